The summed E-state index contributed by atoms with van der Waals surface area (Å²) in [5.74, 6) is 0. The Hall–Kier alpha value is -2.31. The van der Waals surface area contributed by atoms with Crippen LogP contribution in [0.25, 0.3) is 0 Å². The maximum atomic E-state index is 12.7. The number of hydrogen-bond donors (Lipinski definition) is 2. The number of hydrogen-bond acceptors (Lipinski definition) is 4. The number of nitriles is 1. The quantitative estimate of drug-likeness (QED) is 0.802. The van der Waals surface area contributed by atoms with Gasteiger partial charge in [-0.1, -0.05) is 12.1 Å². The van der Waals surface area contributed by atoms with E-state index in [0.717, 1.165) is 3.97 Å². The number of nitrogens with zero attached hydrogens (tertiary/aromatic N) is 2. The fourth-order valence-corrected chi connectivity index (χ4v) is 4.37. The summed E-state index contributed by atoms with van der Waals surface area (Å²) in [6.45, 7) is 0.167. The molecule has 0 aliphatic rings. The number of benzene rings is 1. The molecule has 1 heterocycles. The number of rotatable bonds is 5. The van der Waals surface area contributed by atoms with Crippen molar-refractivity contribution in [2.24, 2.45) is 0 Å². The molecule has 0 saturated heterocycles. The van der Waals surface area contributed by atoms with E-state index in [2.05, 4.69) is 21.2 Å². The molecule has 0 unspecified atom stereocenters. The Morgan fingerprint density at radius 2 is 2.09 bits per heavy atom. The average molecular weight is 398 g/mol. The van der Waals surface area contributed by atoms with Crippen molar-refractivity contribution < 1.29 is 18.3 Å². The highest BCUT2D eigenvalue weighted by Gasteiger charge is 2.23. The molecule has 2 N–H and O–H groups in total. The van der Waals surface area contributed by atoms with E-state index >= 15 is 0 Å². The summed E-state index contributed by atoms with van der Waals surface area (Å²) in [7, 11) is -3.92. The first-order valence-electron chi connectivity index (χ1n) is 6.44. The summed E-state index contributed by atoms with van der Waals surface area (Å²) in [4.78, 5) is 10.3. The summed E-state index contributed by atoms with van der Waals surface area (Å²) < 4.78 is 26.7. The van der Waals surface area contributed by atoms with Gasteiger partial charge in [0.05, 0.1) is 5.56 Å². The number of carbonyl (C=O) groups is 1. The molecule has 0 aliphatic heterocycles. The van der Waals surface area contributed by atoms with Crippen molar-refractivity contribution in [2.45, 2.75) is 11.3 Å². The maximum Gasteiger partial charge on any atom is 0.404 e. The van der Waals surface area contributed by atoms with Crippen molar-refractivity contribution in [3.63, 3.8) is 0 Å². The van der Waals surface area contributed by atoms with Gasteiger partial charge in [-0.25, -0.2) is 17.2 Å². The molecule has 0 atom stereocenters. The molecule has 1 aromatic heterocycles. The second kappa shape index (κ2) is 6.85. The minimum Gasteiger partial charge on any atom is -0.465 e. The summed E-state index contributed by atoms with van der Waals surface area (Å²) >= 11 is 3.18. The van der Waals surface area contributed by atoms with Crippen molar-refractivity contribution in [2.75, 3.05) is 6.54 Å². The van der Waals surface area contributed by atoms with E-state index in [4.69, 9.17) is 10.4 Å². The van der Waals surface area contributed by atoms with Crippen LogP contribution >= 0.6 is 15.9 Å². The predicted octanol–water partition coefficient (Wildman–Crippen LogP) is 2.17. The van der Waals surface area contributed by atoms with Crippen LogP contribution in [-0.4, -0.2) is 30.1 Å². The fourth-order valence-electron chi connectivity index (χ4n) is 1.99. The Balaban J connectivity index is 2.36. The molecule has 7 nitrogen and oxygen atoms in total. The molecule has 1 amide bonds. The van der Waals surface area contributed by atoms with Gasteiger partial charge in [0, 0.05) is 12.7 Å². The first kappa shape index (κ1) is 17.1. The second-order valence-corrected chi connectivity index (χ2v) is 7.16. The standard InChI is InChI=1S/C14H12BrN3O4S/c15-13-7-10(5-6-17-14(19)20)9-18(13)23(21,22)12-4-2-1-3-11(12)8-16/h1-4,7,9,17H,5-6H2,(H,19,20). The second-order valence-electron chi connectivity index (χ2n) is 4.56. The van der Waals surface area contributed by atoms with Gasteiger partial charge in [0.1, 0.15) is 15.6 Å². The van der Waals surface area contributed by atoms with Gasteiger partial charge in [0.2, 0.25) is 0 Å². The third-order valence-corrected chi connectivity index (χ3v) is 5.61. The lowest BCUT2D eigenvalue weighted by molar-refractivity contribution is 0.194. The van der Waals surface area contributed by atoms with Gasteiger partial charge in [-0.15, -0.1) is 0 Å². The molecular weight excluding hydrogens is 386 g/mol. The van der Waals surface area contributed by atoms with E-state index in [0.29, 0.717) is 16.6 Å². The number of amides is 1. The zero-order chi connectivity index (χ0) is 17.0. The van der Waals surface area contributed by atoms with Crippen molar-refractivity contribution >= 4 is 32.0 Å². The van der Waals surface area contributed by atoms with Crippen molar-refractivity contribution in [3.8, 4) is 6.07 Å². The van der Waals surface area contributed by atoms with Crippen molar-refractivity contribution in [1.82, 2.24) is 9.29 Å². The maximum absolute atomic E-state index is 12.7. The molecule has 1 aromatic carbocycles. The highest BCUT2D eigenvalue weighted by Crippen LogP contribution is 2.24. The van der Waals surface area contributed by atoms with E-state index in [1.807, 2.05) is 6.07 Å². The van der Waals surface area contributed by atoms with Crippen LogP contribution in [0.3, 0.4) is 0 Å². The number of aromatic nitrogens is 1. The van der Waals surface area contributed by atoms with E-state index in [1.165, 1.54) is 18.3 Å². The minimum atomic E-state index is -3.92. The molecule has 2 aromatic rings. The Morgan fingerprint density at radius 3 is 2.74 bits per heavy atom. The predicted molar refractivity (Wildman–Crippen MR) is 85.6 cm³/mol. The lowest BCUT2D eigenvalue weighted by Gasteiger charge is -2.08. The van der Waals surface area contributed by atoms with Gasteiger partial charge in [-0.3, -0.25) is 0 Å². The molecule has 2 rings (SSSR count). The van der Waals surface area contributed by atoms with Crippen LogP contribution in [0.4, 0.5) is 4.79 Å². The highest BCUT2D eigenvalue weighted by molar-refractivity contribution is 9.10. The lowest BCUT2D eigenvalue weighted by Crippen LogP contribution is -2.23. The van der Waals surface area contributed by atoms with Crippen LogP contribution in [0.1, 0.15) is 11.1 Å². The van der Waals surface area contributed by atoms with Gasteiger partial charge >= 0.3 is 6.09 Å². The topological polar surface area (TPSA) is 112 Å². The van der Waals surface area contributed by atoms with E-state index < -0.39 is 16.1 Å². The third kappa shape index (κ3) is 3.72. The molecule has 0 spiro atoms. The Bertz CT molecular complexity index is 884. The van der Waals surface area contributed by atoms with Crippen LogP contribution in [0.2, 0.25) is 0 Å². The average Bonchev–Trinajstić information content (AvgIpc) is 2.88. The molecule has 0 bridgehead atoms. The summed E-state index contributed by atoms with van der Waals surface area (Å²) in [5, 5.41) is 19.8. The first-order valence-corrected chi connectivity index (χ1v) is 8.68. The largest absolute Gasteiger partial charge is 0.465 e. The van der Waals surface area contributed by atoms with E-state index in [-0.39, 0.29) is 17.0 Å². The van der Waals surface area contributed by atoms with Gasteiger partial charge in [0.25, 0.3) is 10.0 Å². The van der Waals surface area contributed by atoms with Crippen molar-refractivity contribution in [3.05, 3.63) is 52.3 Å². The Morgan fingerprint density at radius 1 is 1.39 bits per heavy atom. The van der Waals surface area contributed by atoms with Crippen LogP contribution in [0.5, 0.6) is 0 Å². The molecule has 0 saturated carbocycles. The van der Waals surface area contributed by atoms with Crippen LogP contribution in [-0.2, 0) is 16.4 Å². The SMILES string of the molecule is N#Cc1ccccc1S(=O)(=O)n1cc(CCNC(=O)O)cc1Br. The van der Waals surface area contributed by atoms with Gasteiger partial charge in [0.15, 0.2) is 0 Å². The van der Waals surface area contributed by atoms with Gasteiger partial charge in [-0.2, -0.15) is 5.26 Å². The summed E-state index contributed by atoms with van der Waals surface area (Å²) in [6.07, 6.45) is 0.601. The number of nitrogens with one attached hydrogen (secondary N) is 1. The van der Waals surface area contributed by atoms with Crippen LogP contribution in [0, 0.1) is 11.3 Å². The van der Waals surface area contributed by atoms with Gasteiger partial charge < -0.3 is 10.4 Å². The molecule has 120 valence electrons. The monoisotopic (exact) mass is 397 g/mol. The Labute approximate surface area is 141 Å². The zero-order valence-corrected chi connectivity index (χ0v) is 14.1. The third-order valence-electron chi connectivity index (χ3n) is 3.03. The number of halogens is 1. The van der Waals surface area contributed by atoms with Crippen LogP contribution < -0.4 is 5.32 Å². The Kier molecular flexibility index (Phi) is 5.08. The van der Waals surface area contributed by atoms with Gasteiger partial charge in [-0.05, 0) is 46.1 Å². The normalized spacial score (nSPS) is 11.0. The molecule has 0 aliphatic carbocycles. The van der Waals surface area contributed by atoms with Crippen LogP contribution in [0.15, 0.2) is 46.0 Å². The lowest BCUT2D eigenvalue weighted by atomic mass is 10.2. The molecule has 0 radical (unpaired) electrons. The molecular formula is C14H12BrN3O4S. The summed E-state index contributed by atoms with van der Waals surface area (Å²) in [6, 6.07) is 9.39. The van der Waals surface area contributed by atoms with E-state index in [1.54, 1.807) is 18.2 Å². The first-order chi connectivity index (χ1) is 10.9. The molecule has 0 fully saturated rings. The molecule has 23 heavy (non-hydrogen) atoms. The van der Waals surface area contributed by atoms with E-state index in [9.17, 15) is 13.2 Å². The highest BCUT2D eigenvalue weighted by atomic mass is 79.9. The minimum absolute atomic E-state index is 0.0576. The fraction of sp³-hybridized carbons (Fsp3) is 0.143. The smallest absolute Gasteiger partial charge is 0.404 e. The van der Waals surface area contributed by atoms with Crippen molar-refractivity contribution in [1.29, 1.82) is 5.26 Å². The summed E-state index contributed by atoms with van der Waals surface area (Å²) in [5.41, 5.74) is 0.700. The number of carboxylic acid groups (broad SMARTS) is 1. The molecule has 9 heteroatoms. The zero-order valence-electron chi connectivity index (χ0n) is 11.7.